The average Bonchev–Trinajstić information content (AvgIpc) is 2.63. The molecule has 1 aliphatic carbocycles. The van der Waals surface area contributed by atoms with E-state index in [4.69, 9.17) is 4.42 Å². The molecule has 1 atom stereocenters. The number of carboxylic acids is 1. The van der Waals surface area contributed by atoms with Gasteiger partial charge in [-0.05, 0) is 51.3 Å². The second kappa shape index (κ2) is 7.52. The van der Waals surface area contributed by atoms with Gasteiger partial charge in [-0.25, -0.2) is 4.79 Å². The van der Waals surface area contributed by atoms with Gasteiger partial charge in [-0.3, -0.25) is 14.4 Å². The highest BCUT2D eigenvalue weighted by Gasteiger charge is 2.41. The molecule has 0 amide bonds. The average molecular weight is 408 g/mol. The molecule has 0 aliphatic heterocycles. The lowest BCUT2D eigenvalue weighted by Gasteiger charge is -2.34. The highest BCUT2D eigenvalue weighted by molar-refractivity contribution is 6.25. The zero-order valence-corrected chi connectivity index (χ0v) is 17.7. The van der Waals surface area contributed by atoms with E-state index in [1.807, 2.05) is 19.1 Å². The van der Waals surface area contributed by atoms with Crippen molar-refractivity contribution in [2.45, 2.75) is 47.5 Å². The largest absolute Gasteiger partial charge is 0.481 e. The first-order chi connectivity index (χ1) is 13.9. The molecule has 0 fully saturated rings. The number of fused-ring (bicyclic) bond motifs is 1. The van der Waals surface area contributed by atoms with Crippen LogP contribution in [0.4, 0.5) is 0 Å². The summed E-state index contributed by atoms with van der Waals surface area (Å²) < 4.78 is 5.30. The summed E-state index contributed by atoms with van der Waals surface area (Å²) in [4.78, 5) is 49.2. The van der Waals surface area contributed by atoms with Gasteiger partial charge in [0.2, 0.25) is 0 Å². The van der Waals surface area contributed by atoms with Crippen LogP contribution in [0.3, 0.4) is 0 Å². The van der Waals surface area contributed by atoms with Gasteiger partial charge in [-0.1, -0.05) is 19.1 Å². The van der Waals surface area contributed by atoms with Crippen LogP contribution in [0.1, 0.15) is 45.2 Å². The molecule has 156 valence electrons. The van der Waals surface area contributed by atoms with Gasteiger partial charge in [0.05, 0.1) is 6.42 Å². The number of carboxylic acid groups (broad SMARTS) is 1. The van der Waals surface area contributed by atoms with E-state index < -0.39 is 17.0 Å². The summed E-state index contributed by atoms with van der Waals surface area (Å²) in [5, 5.41) is 10.4. The van der Waals surface area contributed by atoms with E-state index in [1.54, 1.807) is 33.8 Å². The van der Waals surface area contributed by atoms with E-state index >= 15 is 0 Å². The fourth-order valence-electron chi connectivity index (χ4n) is 4.32. The zero-order valence-electron chi connectivity index (χ0n) is 17.7. The number of hydrogen-bond acceptors (Lipinski definition) is 5. The third kappa shape index (κ3) is 3.65. The van der Waals surface area contributed by atoms with Gasteiger partial charge in [-0.15, -0.1) is 0 Å². The van der Waals surface area contributed by atoms with Crippen LogP contribution in [0.25, 0.3) is 11.0 Å². The summed E-state index contributed by atoms with van der Waals surface area (Å²) in [6, 6.07) is 6.75. The smallest absolute Gasteiger partial charge is 0.336 e. The Balaban J connectivity index is 2.14. The number of ketones is 2. The first-order valence-electron chi connectivity index (χ1n) is 9.68. The lowest BCUT2D eigenvalue weighted by molar-refractivity contribution is -0.139. The molecular formula is C24H24O6. The van der Waals surface area contributed by atoms with Crippen LogP contribution in [-0.2, 0) is 20.8 Å². The van der Waals surface area contributed by atoms with E-state index in [-0.39, 0.29) is 35.6 Å². The molecule has 6 heteroatoms. The summed E-state index contributed by atoms with van der Waals surface area (Å²) in [5.41, 5.74) is 1.58. The van der Waals surface area contributed by atoms with E-state index in [2.05, 4.69) is 0 Å². The lowest BCUT2D eigenvalue weighted by Crippen LogP contribution is -2.35. The maximum atomic E-state index is 13.1. The molecule has 1 aromatic heterocycles. The van der Waals surface area contributed by atoms with Crippen molar-refractivity contribution in [3.8, 4) is 0 Å². The number of allylic oxidation sites excluding steroid dienone is 4. The molecule has 0 spiro atoms. The van der Waals surface area contributed by atoms with Crippen molar-refractivity contribution in [2.24, 2.45) is 5.41 Å². The summed E-state index contributed by atoms with van der Waals surface area (Å²) in [5.74, 6) is -1.60. The zero-order chi connectivity index (χ0) is 22.4. The Hall–Kier alpha value is -3.28. The van der Waals surface area contributed by atoms with Crippen molar-refractivity contribution < 1.29 is 23.9 Å². The minimum Gasteiger partial charge on any atom is -0.481 e. The molecule has 30 heavy (non-hydrogen) atoms. The van der Waals surface area contributed by atoms with Crippen LogP contribution in [0, 0.1) is 12.3 Å². The molecule has 1 unspecified atom stereocenters. The Kier molecular flexibility index (Phi) is 5.37. The summed E-state index contributed by atoms with van der Waals surface area (Å²) >= 11 is 0. The summed E-state index contributed by atoms with van der Waals surface area (Å²) in [7, 11) is 0. The fraction of sp³-hybridized carbons (Fsp3) is 0.333. The van der Waals surface area contributed by atoms with Gasteiger partial charge in [0.25, 0.3) is 0 Å². The number of rotatable bonds is 5. The highest BCUT2D eigenvalue weighted by Crippen LogP contribution is 2.42. The van der Waals surface area contributed by atoms with E-state index in [0.29, 0.717) is 22.3 Å². The van der Waals surface area contributed by atoms with Crippen LogP contribution >= 0.6 is 0 Å². The number of carbonyl (C=O) groups excluding carboxylic acids is 2. The lowest BCUT2D eigenvalue weighted by atomic mass is 9.67. The normalized spacial score (nSPS) is 17.0. The van der Waals surface area contributed by atoms with Crippen molar-refractivity contribution in [1.82, 2.24) is 0 Å². The molecule has 0 bridgehead atoms. The SMILES string of the molecule is CC1=C(C)C(=O)C(C(C)(CC(=O)O)Cc2ccc3c(C)cc(=O)oc3c2)=C(C)C1=O. The standard InChI is InChI=1S/C24H24O6/c1-12-8-20(27)30-18-9-16(6-7-17(12)18)10-24(5,11-19(25)26)21-15(4)22(28)13(2)14(3)23(21)29/h6-9H,10-11H2,1-5H3,(H,25,26). The van der Waals surface area contributed by atoms with Crippen molar-refractivity contribution in [1.29, 1.82) is 0 Å². The molecule has 2 aromatic rings. The predicted molar refractivity (Wildman–Crippen MR) is 112 cm³/mol. The second-order valence-corrected chi connectivity index (χ2v) is 8.30. The van der Waals surface area contributed by atoms with Gasteiger partial charge >= 0.3 is 11.6 Å². The molecule has 1 N–H and O–H groups in total. The van der Waals surface area contributed by atoms with Crippen molar-refractivity contribution in [2.75, 3.05) is 0 Å². The summed E-state index contributed by atoms with van der Waals surface area (Å²) in [6.07, 6.45) is -0.119. The summed E-state index contributed by atoms with van der Waals surface area (Å²) in [6.45, 7) is 8.28. The number of aryl methyl sites for hydroxylation is 1. The van der Waals surface area contributed by atoms with Gasteiger partial charge in [0.1, 0.15) is 5.58 Å². The van der Waals surface area contributed by atoms with Gasteiger partial charge < -0.3 is 9.52 Å². The Morgan fingerprint density at radius 2 is 1.60 bits per heavy atom. The first-order valence-corrected chi connectivity index (χ1v) is 9.68. The number of benzene rings is 1. The van der Waals surface area contributed by atoms with Crippen LogP contribution < -0.4 is 5.63 Å². The fourth-order valence-corrected chi connectivity index (χ4v) is 4.32. The van der Waals surface area contributed by atoms with Gasteiger partial charge in [0.15, 0.2) is 11.6 Å². The van der Waals surface area contributed by atoms with Crippen molar-refractivity contribution >= 4 is 28.5 Å². The van der Waals surface area contributed by atoms with Crippen LogP contribution in [0.5, 0.6) is 0 Å². The number of aliphatic carboxylic acids is 1. The molecule has 6 nitrogen and oxygen atoms in total. The van der Waals surface area contributed by atoms with Crippen molar-refractivity contribution in [3.05, 3.63) is 68.1 Å². The van der Waals surface area contributed by atoms with Crippen molar-refractivity contribution in [3.63, 3.8) is 0 Å². The Morgan fingerprint density at radius 3 is 2.23 bits per heavy atom. The topological polar surface area (TPSA) is 102 Å². The number of Topliss-reactive ketones (excluding diaryl/α,β-unsaturated/α-hetero) is 2. The molecule has 1 aromatic carbocycles. The highest BCUT2D eigenvalue weighted by atomic mass is 16.4. The first kappa shape index (κ1) is 21.4. The maximum absolute atomic E-state index is 13.1. The monoisotopic (exact) mass is 408 g/mol. The molecule has 0 radical (unpaired) electrons. The molecule has 0 saturated carbocycles. The third-order valence-corrected chi connectivity index (χ3v) is 5.94. The Bertz CT molecular complexity index is 1220. The van der Waals surface area contributed by atoms with Crippen LogP contribution in [0.15, 0.2) is 55.8 Å². The molecule has 0 saturated heterocycles. The maximum Gasteiger partial charge on any atom is 0.336 e. The molecule has 1 heterocycles. The Labute approximate surface area is 173 Å². The second-order valence-electron chi connectivity index (χ2n) is 8.30. The van der Waals surface area contributed by atoms with Crippen LogP contribution in [-0.4, -0.2) is 22.6 Å². The van der Waals surface area contributed by atoms with E-state index in [0.717, 1.165) is 10.9 Å². The molecular weight excluding hydrogens is 384 g/mol. The molecule has 1 aliphatic rings. The third-order valence-electron chi connectivity index (χ3n) is 5.94. The number of hydrogen-bond donors (Lipinski definition) is 1. The number of carbonyl (C=O) groups is 3. The Morgan fingerprint density at radius 1 is 0.967 bits per heavy atom. The van der Waals surface area contributed by atoms with Crippen LogP contribution in [0.2, 0.25) is 0 Å². The molecule has 3 rings (SSSR count). The van der Waals surface area contributed by atoms with Gasteiger partial charge in [-0.2, -0.15) is 0 Å². The predicted octanol–water partition coefficient (Wildman–Crippen LogP) is 3.93. The van der Waals surface area contributed by atoms with E-state index in [9.17, 15) is 24.3 Å². The quantitative estimate of drug-likeness (QED) is 0.594. The van der Waals surface area contributed by atoms with E-state index in [1.165, 1.54) is 6.07 Å². The minimum atomic E-state index is -1.11. The minimum absolute atomic E-state index is 0.199. The van der Waals surface area contributed by atoms with Gasteiger partial charge in [0, 0.05) is 39.2 Å².